The third-order valence-corrected chi connectivity index (χ3v) is 6.19. The number of hydrogen-bond acceptors (Lipinski definition) is 4. The molecule has 1 saturated carbocycles. The summed E-state index contributed by atoms with van der Waals surface area (Å²) in [6.45, 7) is 0.876. The lowest BCUT2D eigenvalue weighted by atomic mass is 9.89. The zero-order valence-electron chi connectivity index (χ0n) is 17.3. The van der Waals surface area contributed by atoms with Crippen molar-refractivity contribution in [2.75, 3.05) is 11.9 Å². The van der Waals surface area contributed by atoms with Crippen LogP contribution in [0.5, 0.6) is 5.75 Å². The molecule has 1 aromatic heterocycles. The van der Waals surface area contributed by atoms with Crippen molar-refractivity contribution in [1.82, 2.24) is 4.98 Å². The van der Waals surface area contributed by atoms with Gasteiger partial charge in [-0.2, -0.15) is 0 Å². The summed E-state index contributed by atoms with van der Waals surface area (Å²) in [5, 5.41) is 14.1. The SMILES string of the molecule is NC(=O)c1cc(-c2cc(-c3ccccc3Cl)cc(NCC3CCCCC3)n2)ccc1O. The fraction of sp³-hybridized carbons (Fsp3) is 0.280. The summed E-state index contributed by atoms with van der Waals surface area (Å²) in [6.07, 6.45) is 6.38. The summed E-state index contributed by atoms with van der Waals surface area (Å²) in [6, 6.07) is 16.4. The third kappa shape index (κ3) is 5.00. The van der Waals surface area contributed by atoms with E-state index in [1.807, 2.05) is 36.4 Å². The van der Waals surface area contributed by atoms with Gasteiger partial charge < -0.3 is 16.2 Å². The Bertz CT molecular complexity index is 1090. The molecule has 160 valence electrons. The van der Waals surface area contributed by atoms with Crippen molar-refractivity contribution in [1.29, 1.82) is 0 Å². The molecule has 1 fully saturated rings. The molecule has 4 N–H and O–H groups in total. The molecular weight excluding hydrogens is 410 g/mol. The lowest BCUT2D eigenvalue weighted by Crippen LogP contribution is -2.17. The molecule has 1 heterocycles. The first-order chi connectivity index (χ1) is 15.0. The highest BCUT2D eigenvalue weighted by Gasteiger charge is 2.16. The van der Waals surface area contributed by atoms with Crippen LogP contribution in [0.2, 0.25) is 5.02 Å². The average Bonchev–Trinajstić information content (AvgIpc) is 2.78. The Hall–Kier alpha value is -3.05. The smallest absolute Gasteiger partial charge is 0.252 e. The van der Waals surface area contributed by atoms with Crippen LogP contribution in [-0.2, 0) is 0 Å². The molecule has 0 aliphatic heterocycles. The molecule has 3 aromatic rings. The fourth-order valence-corrected chi connectivity index (χ4v) is 4.40. The van der Waals surface area contributed by atoms with E-state index < -0.39 is 5.91 Å². The van der Waals surface area contributed by atoms with Crippen molar-refractivity contribution in [3.63, 3.8) is 0 Å². The summed E-state index contributed by atoms with van der Waals surface area (Å²) in [5.74, 6) is 0.580. The van der Waals surface area contributed by atoms with Crippen molar-refractivity contribution in [2.45, 2.75) is 32.1 Å². The maximum atomic E-state index is 11.7. The third-order valence-electron chi connectivity index (χ3n) is 5.86. The predicted molar refractivity (Wildman–Crippen MR) is 125 cm³/mol. The zero-order chi connectivity index (χ0) is 21.8. The van der Waals surface area contributed by atoms with Crippen LogP contribution >= 0.6 is 11.6 Å². The van der Waals surface area contributed by atoms with Crippen LogP contribution < -0.4 is 11.1 Å². The first-order valence-corrected chi connectivity index (χ1v) is 11.0. The van der Waals surface area contributed by atoms with Crippen LogP contribution in [0.3, 0.4) is 0 Å². The van der Waals surface area contributed by atoms with Gasteiger partial charge in [-0.15, -0.1) is 0 Å². The molecule has 0 spiro atoms. The largest absolute Gasteiger partial charge is 0.507 e. The number of nitrogens with two attached hydrogens (primary N) is 1. The monoisotopic (exact) mass is 435 g/mol. The molecule has 5 nitrogen and oxygen atoms in total. The van der Waals surface area contributed by atoms with E-state index in [0.29, 0.717) is 22.2 Å². The second-order valence-electron chi connectivity index (χ2n) is 8.09. The molecular formula is C25H26ClN3O2. The van der Waals surface area contributed by atoms with Gasteiger partial charge in [0.1, 0.15) is 11.6 Å². The zero-order valence-corrected chi connectivity index (χ0v) is 18.0. The van der Waals surface area contributed by atoms with E-state index in [2.05, 4.69) is 5.32 Å². The van der Waals surface area contributed by atoms with E-state index in [4.69, 9.17) is 22.3 Å². The number of amides is 1. The first kappa shape index (κ1) is 21.2. The molecule has 2 aromatic carbocycles. The van der Waals surface area contributed by atoms with Crippen LogP contribution in [0.1, 0.15) is 42.5 Å². The Balaban J connectivity index is 1.73. The Morgan fingerprint density at radius 1 is 1.06 bits per heavy atom. The number of rotatable bonds is 6. The molecule has 1 aliphatic rings. The number of nitrogens with one attached hydrogen (secondary N) is 1. The second kappa shape index (κ2) is 9.40. The van der Waals surface area contributed by atoms with Gasteiger partial charge >= 0.3 is 0 Å². The summed E-state index contributed by atoms with van der Waals surface area (Å²) in [4.78, 5) is 16.5. The summed E-state index contributed by atoms with van der Waals surface area (Å²) in [7, 11) is 0. The Kier molecular flexibility index (Phi) is 6.42. The normalized spacial score (nSPS) is 14.4. The summed E-state index contributed by atoms with van der Waals surface area (Å²) in [5.41, 5.74) is 8.68. The number of pyridine rings is 1. The van der Waals surface area contributed by atoms with Gasteiger partial charge in [-0.1, -0.05) is 49.1 Å². The number of carbonyl (C=O) groups excluding carboxylic acids is 1. The van der Waals surface area contributed by atoms with Crippen molar-refractivity contribution >= 4 is 23.3 Å². The quantitative estimate of drug-likeness (QED) is 0.452. The Labute approximate surface area is 187 Å². The van der Waals surface area contributed by atoms with Crippen molar-refractivity contribution in [3.05, 3.63) is 65.2 Å². The van der Waals surface area contributed by atoms with Crippen LogP contribution in [0.4, 0.5) is 5.82 Å². The molecule has 6 heteroatoms. The maximum Gasteiger partial charge on any atom is 0.252 e. The van der Waals surface area contributed by atoms with Gasteiger partial charge in [0, 0.05) is 22.7 Å². The minimum Gasteiger partial charge on any atom is -0.507 e. The van der Waals surface area contributed by atoms with E-state index in [1.165, 1.54) is 38.2 Å². The standard InChI is InChI=1S/C25H26ClN3O2/c26-21-9-5-4-8-19(21)18-13-22(17-10-11-23(30)20(12-17)25(27)31)29-24(14-18)28-15-16-6-2-1-3-7-16/h4-5,8-14,16,30H,1-3,6-7,15H2,(H2,27,31)(H,28,29). The number of benzene rings is 2. The molecule has 4 rings (SSSR count). The number of nitrogens with zero attached hydrogens (tertiary/aromatic N) is 1. The van der Waals surface area contributed by atoms with Crippen molar-refractivity contribution < 1.29 is 9.90 Å². The molecule has 0 radical (unpaired) electrons. The highest BCUT2D eigenvalue weighted by molar-refractivity contribution is 6.33. The minimum atomic E-state index is -0.683. The van der Waals surface area contributed by atoms with Crippen LogP contribution in [0, 0.1) is 5.92 Å². The molecule has 0 saturated heterocycles. The summed E-state index contributed by atoms with van der Waals surface area (Å²) >= 11 is 6.46. The van der Waals surface area contributed by atoms with Gasteiger partial charge in [0.05, 0.1) is 11.3 Å². The van der Waals surface area contributed by atoms with Gasteiger partial charge in [-0.3, -0.25) is 4.79 Å². The maximum absolute atomic E-state index is 11.7. The second-order valence-corrected chi connectivity index (χ2v) is 8.49. The highest BCUT2D eigenvalue weighted by atomic mass is 35.5. The van der Waals surface area contributed by atoms with Crippen LogP contribution in [0.15, 0.2) is 54.6 Å². The number of aromatic hydroxyl groups is 1. The molecule has 0 unspecified atom stereocenters. The fourth-order valence-electron chi connectivity index (χ4n) is 4.15. The predicted octanol–water partition coefficient (Wildman–Crippen LogP) is 5.87. The highest BCUT2D eigenvalue weighted by Crippen LogP contribution is 2.34. The minimum absolute atomic E-state index is 0.0687. The van der Waals surface area contributed by atoms with E-state index in [0.717, 1.165) is 23.5 Å². The van der Waals surface area contributed by atoms with Crippen LogP contribution in [0.25, 0.3) is 22.4 Å². The van der Waals surface area contributed by atoms with E-state index >= 15 is 0 Å². The lowest BCUT2D eigenvalue weighted by molar-refractivity contribution is 0.0998. The molecule has 1 amide bonds. The average molecular weight is 436 g/mol. The number of aromatic nitrogens is 1. The Morgan fingerprint density at radius 2 is 1.84 bits per heavy atom. The molecule has 0 atom stereocenters. The van der Waals surface area contributed by atoms with Crippen LogP contribution in [-0.4, -0.2) is 22.5 Å². The molecule has 0 bridgehead atoms. The van der Waals surface area contributed by atoms with E-state index in [-0.39, 0.29) is 11.3 Å². The van der Waals surface area contributed by atoms with Gasteiger partial charge in [0.2, 0.25) is 0 Å². The van der Waals surface area contributed by atoms with E-state index in [9.17, 15) is 9.90 Å². The topological polar surface area (TPSA) is 88.2 Å². The van der Waals surface area contributed by atoms with Crippen molar-refractivity contribution in [3.8, 4) is 28.1 Å². The number of hydrogen-bond donors (Lipinski definition) is 3. The van der Waals surface area contributed by atoms with Gasteiger partial charge in [-0.25, -0.2) is 4.98 Å². The van der Waals surface area contributed by atoms with Gasteiger partial charge in [0.25, 0.3) is 5.91 Å². The number of carbonyl (C=O) groups is 1. The number of anilines is 1. The Morgan fingerprint density at radius 3 is 2.58 bits per heavy atom. The van der Waals surface area contributed by atoms with Gasteiger partial charge in [0.15, 0.2) is 0 Å². The lowest BCUT2D eigenvalue weighted by Gasteiger charge is -2.22. The van der Waals surface area contributed by atoms with Crippen molar-refractivity contribution in [2.24, 2.45) is 11.7 Å². The number of halogens is 1. The first-order valence-electron chi connectivity index (χ1n) is 10.7. The number of primary amides is 1. The summed E-state index contributed by atoms with van der Waals surface area (Å²) < 4.78 is 0. The molecule has 31 heavy (non-hydrogen) atoms. The van der Waals surface area contributed by atoms with E-state index in [1.54, 1.807) is 12.1 Å². The van der Waals surface area contributed by atoms with Gasteiger partial charge in [-0.05, 0) is 60.7 Å². The number of phenols is 1. The molecule has 1 aliphatic carbocycles.